The molecule has 0 saturated carbocycles. The largest absolute Gasteiger partial charge is 0.582 e. The Morgan fingerprint density at radius 3 is 1.03 bits per heavy atom. The van der Waals surface area contributed by atoms with Gasteiger partial charge in [0, 0.05) is 63.9 Å². The molecular formula is C60H50Cl4N8O2Si3. The lowest BCUT2D eigenvalue weighted by molar-refractivity contribution is 0.326. The van der Waals surface area contributed by atoms with Gasteiger partial charge in [0.2, 0.25) is 0 Å². The van der Waals surface area contributed by atoms with Gasteiger partial charge < -0.3 is 8.23 Å². The van der Waals surface area contributed by atoms with Crippen molar-refractivity contribution in [2.75, 3.05) is 0 Å². The van der Waals surface area contributed by atoms with Gasteiger partial charge >= 0.3 is 8.88 Å². The number of aromatic nitrogens is 2. The smallest absolute Gasteiger partial charge is 0.404 e. The predicted octanol–water partition coefficient (Wildman–Crippen LogP) is 16.6. The maximum absolute atomic E-state index is 8.70. The number of aliphatic imine (C=N–C) groups is 4. The highest BCUT2D eigenvalue weighted by Crippen LogP contribution is 2.48. The Morgan fingerprint density at radius 1 is 0.351 bits per heavy atom. The number of benzene rings is 8. The minimum absolute atomic E-state index is 0.504. The summed E-state index contributed by atoms with van der Waals surface area (Å²) in [5, 5.41) is 13.7. The second kappa shape index (κ2) is 18.0. The molecule has 382 valence electrons. The standard InChI is InChI=1S/C60H50Cl4N8O2Si3/c1-7-75(8-2,9-3)73-77(74-76(10-4,11-5)12-6)71-58-49-27-35-15-19-43(63)23-39(35)31-51(49)59(71)67-53-45-25-33-13-17-41(61)21-37(33)29-47(45)55(65-53)69-57-50-28-36-16-20-44(64)24-40(36)32-52(50)60(72(57)77)68-54-46-26-34-14-18-42(62)22-38(34)30-48(46)56(66-54)70-58/h13-32H,7-12H2,1-6H3. The lowest BCUT2D eigenvalue weighted by Gasteiger charge is -2.45. The molecule has 6 bridgehead atoms. The molecule has 0 aliphatic carbocycles. The Bertz CT molecular complexity index is 4540. The first-order valence-electron chi connectivity index (χ1n) is 26.5. The van der Waals surface area contributed by atoms with E-state index in [0.29, 0.717) is 66.0 Å². The van der Waals surface area contributed by atoms with Crippen LogP contribution in [0, 0.1) is 0 Å². The molecule has 0 atom stereocenters. The quantitative estimate of drug-likeness (QED) is 0.127. The number of hydrogen-bond acceptors (Lipinski definition) is 8. The van der Waals surface area contributed by atoms with Gasteiger partial charge in [0.25, 0.3) is 0 Å². The van der Waals surface area contributed by atoms with E-state index in [1.807, 2.05) is 60.7 Å². The fraction of sp³-hybridized carbons (Fsp3) is 0.200. The van der Waals surface area contributed by atoms with Crippen LogP contribution in [0.25, 0.3) is 64.6 Å². The first-order chi connectivity index (χ1) is 37.3. The molecule has 8 aromatic carbocycles. The third-order valence-electron chi connectivity index (χ3n) is 16.9. The Labute approximate surface area is 467 Å². The van der Waals surface area contributed by atoms with Crippen molar-refractivity contribution in [2.45, 2.75) is 77.8 Å². The summed E-state index contributed by atoms with van der Waals surface area (Å²) >= 11 is 27.2. The van der Waals surface area contributed by atoms with Gasteiger partial charge in [0.05, 0.1) is 0 Å². The molecule has 0 spiro atoms. The van der Waals surface area contributed by atoms with E-state index in [2.05, 4.69) is 111 Å². The molecular weight excluding hydrogens is 1090 g/mol. The van der Waals surface area contributed by atoms with E-state index in [4.69, 9.17) is 84.6 Å². The van der Waals surface area contributed by atoms with Gasteiger partial charge in [-0.3, -0.25) is 8.47 Å². The third kappa shape index (κ3) is 7.45. The van der Waals surface area contributed by atoms with Crippen LogP contribution in [0.3, 0.4) is 0 Å². The fourth-order valence-electron chi connectivity index (χ4n) is 12.2. The maximum Gasteiger partial charge on any atom is 0.582 e. The molecule has 0 saturated heterocycles. The van der Waals surface area contributed by atoms with Gasteiger partial charge in [-0.25, -0.2) is 30.0 Å². The van der Waals surface area contributed by atoms with Crippen molar-refractivity contribution in [3.05, 3.63) is 175 Å². The highest BCUT2D eigenvalue weighted by Gasteiger charge is 2.59. The molecule has 0 amide bonds. The van der Waals surface area contributed by atoms with Crippen molar-refractivity contribution >= 4 is 172 Å². The fourth-order valence-corrected chi connectivity index (χ4v) is 27.9. The highest BCUT2D eigenvalue weighted by molar-refractivity contribution is 6.89. The molecule has 2 aromatic heterocycles. The topological polar surface area (TPSA) is 102 Å². The number of hydrogen-bond donors (Lipinski definition) is 0. The summed E-state index contributed by atoms with van der Waals surface area (Å²) in [5.74, 6) is 3.25. The first-order valence-corrected chi connectivity index (χ1v) is 34.8. The van der Waals surface area contributed by atoms with Gasteiger partial charge in [-0.1, -0.05) is 112 Å². The zero-order valence-electron chi connectivity index (χ0n) is 43.2. The Morgan fingerprint density at radius 2 is 0.649 bits per heavy atom. The minimum atomic E-state index is -4.53. The van der Waals surface area contributed by atoms with E-state index in [-0.39, 0.29) is 0 Å². The Balaban J connectivity index is 1.30. The molecule has 6 heterocycles. The molecule has 4 aliphatic heterocycles. The van der Waals surface area contributed by atoms with Crippen molar-refractivity contribution in [3.8, 4) is 0 Å². The molecule has 0 unspecified atom stereocenters. The maximum atomic E-state index is 8.70. The van der Waals surface area contributed by atoms with Gasteiger partial charge in [-0.15, -0.1) is 0 Å². The van der Waals surface area contributed by atoms with E-state index < -0.39 is 25.5 Å². The van der Waals surface area contributed by atoms with Crippen molar-refractivity contribution in [1.29, 1.82) is 0 Å². The molecule has 0 N–H and O–H groups in total. The van der Waals surface area contributed by atoms with Crippen LogP contribution in [-0.2, 0) is 8.23 Å². The van der Waals surface area contributed by atoms with E-state index >= 15 is 0 Å². The lowest BCUT2D eigenvalue weighted by atomic mass is 10.0. The zero-order valence-corrected chi connectivity index (χ0v) is 49.2. The van der Waals surface area contributed by atoms with Gasteiger partial charge in [-0.2, -0.15) is 0 Å². The van der Waals surface area contributed by atoms with Gasteiger partial charge in [-0.05, 0) is 176 Å². The second-order valence-electron chi connectivity index (χ2n) is 20.7. The third-order valence-corrected chi connectivity index (χ3v) is 33.2. The lowest BCUT2D eigenvalue weighted by Crippen LogP contribution is -2.71. The number of fused-ring (bicyclic) bond motifs is 18. The SMILES string of the molecule is CC[Si](CC)(CC)O[Si]1(O[Si](CC)(CC)CC)n2c3c4cc5cc(Cl)ccc5cc4c2N=C2N=C(N=c4c5cc6cc(Cl)ccc6cc5c(n41)=NC1=NC(=N3)c3cc4ccc(Cl)cc4cc31)c1cc3ccc(Cl)cc3cc12. The average molecular weight is 1140 g/mol. The van der Waals surface area contributed by atoms with Crippen LogP contribution in [0.5, 0.6) is 0 Å². The van der Waals surface area contributed by atoms with Crippen LogP contribution in [-0.4, -0.2) is 57.3 Å². The normalized spacial score (nSPS) is 15.4. The van der Waals surface area contributed by atoms with Crippen LogP contribution in [0.15, 0.2) is 151 Å². The number of nitrogens with zero attached hydrogens (tertiary/aromatic N) is 8. The second-order valence-corrected chi connectivity index (χ2v) is 35.1. The van der Waals surface area contributed by atoms with Gasteiger partial charge in [0.15, 0.2) is 40.0 Å². The summed E-state index contributed by atoms with van der Waals surface area (Å²) in [7, 11) is -10.2. The van der Waals surface area contributed by atoms with Crippen LogP contribution < -0.4 is 11.0 Å². The van der Waals surface area contributed by atoms with E-state index in [1.165, 1.54) is 0 Å². The van der Waals surface area contributed by atoms with Crippen LogP contribution >= 0.6 is 46.4 Å². The van der Waals surface area contributed by atoms with Crippen molar-refractivity contribution in [2.24, 2.45) is 30.0 Å². The van der Waals surface area contributed by atoms with Crippen molar-refractivity contribution in [3.63, 3.8) is 0 Å². The van der Waals surface area contributed by atoms with Crippen molar-refractivity contribution < 1.29 is 8.23 Å². The monoisotopic (exact) mass is 1140 g/mol. The zero-order chi connectivity index (χ0) is 52.9. The number of rotatable bonds is 10. The molecule has 0 radical (unpaired) electrons. The number of amidine groups is 4. The summed E-state index contributed by atoms with van der Waals surface area (Å²) in [6, 6.07) is 46.4. The van der Waals surface area contributed by atoms with Gasteiger partial charge in [0.1, 0.15) is 22.6 Å². The molecule has 10 aromatic rings. The first kappa shape index (κ1) is 49.2. The molecule has 4 aliphatic rings. The molecule has 17 heteroatoms. The highest BCUT2D eigenvalue weighted by atomic mass is 35.5. The molecule has 77 heavy (non-hydrogen) atoms. The summed E-state index contributed by atoms with van der Waals surface area (Å²) < 4.78 is 22.0. The summed E-state index contributed by atoms with van der Waals surface area (Å²) in [6.45, 7) is 13.7. The average Bonchev–Trinajstić information content (AvgIpc) is 4.20. The van der Waals surface area contributed by atoms with E-state index in [1.54, 1.807) is 0 Å². The minimum Gasteiger partial charge on any atom is -0.404 e. The molecule has 0 fully saturated rings. The summed E-state index contributed by atoms with van der Waals surface area (Å²) in [6.07, 6.45) is 0. The van der Waals surface area contributed by atoms with Crippen LogP contribution in [0.4, 0.5) is 11.6 Å². The van der Waals surface area contributed by atoms with Crippen LogP contribution in [0.2, 0.25) is 56.4 Å². The Kier molecular flexibility index (Phi) is 11.5. The van der Waals surface area contributed by atoms with E-state index in [9.17, 15) is 0 Å². The molecule has 14 rings (SSSR count). The Hall–Kier alpha value is -6.11. The van der Waals surface area contributed by atoms with Crippen molar-refractivity contribution in [1.82, 2.24) is 8.47 Å². The van der Waals surface area contributed by atoms with Crippen LogP contribution in [0.1, 0.15) is 63.8 Å². The number of halogens is 4. The summed E-state index contributed by atoms with van der Waals surface area (Å²) in [5.41, 5.74) is 4.55. The predicted molar refractivity (Wildman–Crippen MR) is 328 cm³/mol. The van der Waals surface area contributed by atoms with E-state index in [0.717, 1.165) is 123 Å². The molecule has 10 nitrogen and oxygen atoms in total. The summed E-state index contributed by atoms with van der Waals surface area (Å²) in [4.78, 5) is 34.6.